The first-order chi connectivity index (χ1) is 40.5. The highest BCUT2D eigenvalue weighted by molar-refractivity contribution is 6.09. The van der Waals surface area contributed by atoms with Crippen LogP contribution >= 0.6 is 0 Å². The minimum absolute atomic E-state index is 0.868. The number of benzene rings is 13. The van der Waals surface area contributed by atoms with Gasteiger partial charge in [-0.25, -0.2) is 0 Å². The van der Waals surface area contributed by atoms with Gasteiger partial charge in [-0.1, -0.05) is 208 Å². The van der Waals surface area contributed by atoms with Crippen molar-refractivity contribution in [3.8, 4) is 66.8 Å². The molecule has 0 bridgehead atoms. The van der Waals surface area contributed by atoms with Crippen molar-refractivity contribution in [2.24, 2.45) is 0 Å². The van der Waals surface area contributed by atoms with Crippen LogP contribution in [0.2, 0.25) is 0 Å². The van der Waals surface area contributed by atoms with Crippen molar-refractivity contribution in [2.75, 3.05) is 19.0 Å². The third-order valence-corrected chi connectivity index (χ3v) is 15.5. The first kappa shape index (κ1) is 51.2. The van der Waals surface area contributed by atoms with Gasteiger partial charge in [0, 0.05) is 38.6 Å². The third-order valence-electron chi connectivity index (χ3n) is 15.5. The van der Waals surface area contributed by atoms with Crippen LogP contribution in [0.15, 0.2) is 294 Å². The molecule has 0 aliphatic carbocycles. The highest BCUT2D eigenvalue weighted by Crippen LogP contribution is 2.42. The summed E-state index contributed by atoms with van der Waals surface area (Å²) in [5, 5.41) is 12.2. The van der Waals surface area contributed by atoms with Gasteiger partial charge in [-0.3, -0.25) is 0 Å². The molecule has 0 radical (unpaired) electrons. The van der Waals surface area contributed by atoms with Crippen LogP contribution in [0.25, 0.3) is 132 Å². The first-order valence-corrected chi connectivity index (χ1v) is 28.3. The number of hydrogen-bond donors (Lipinski definition) is 1. The Hall–Kier alpha value is -10.3. The predicted molar refractivity (Wildman–Crippen MR) is 350 cm³/mol. The summed E-state index contributed by atoms with van der Waals surface area (Å²) in [5.41, 5.74) is 20.8. The molecule has 15 rings (SSSR count). The lowest BCUT2D eigenvalue weighted by atomic mass is 9.95. The fourth-order valence-corrected chi connectivity index (χ4v) is 11.6. The lowest BCUT2D eigenvalue weighted by Crippen LogP contribution is -2.09. The maximum Gasteiger partial charge on any atom is 0.135 e. The van der Waals surface area contributed by atoms with E-state index in [1.165, 1.54) is 54.9 Å². The molecular weight excluding hydrogens is 997 g/mol. The molecule has 0 spiro atoms. The van der Waals surface area contributed by atoms with E-state index in [0.29, 0.717) is 0 Å². The molecule has 13 aromatic carbocycles. The molecule has 1 N–H and O–H groups in total. The summed E-state index contributed by atoms with van der Waals surface area (Å²) in [4.78, 5) is 2.36. The molecule has 2 aromatic heterocycles. The number of nitrogens with zero attached hydrogens (tertiary/aromatic N) is 1. The number of para-hydroxylation sites is 1. The van der Waals surface area contributed by atoms with Crippen molar-refractivity contribution >= 4 is 82.5 Å². The van der Waals surface area contributed by atoms with Crippen LogP contribution in [-0.2, 0) is 0 Å². The Kier molecular flexibility index (Phi) is 14.0. The Balaban J connectivity index is 0.00000122. The molecule has 0 saturated carbocycles. The van der Waals surface area contributed by atoms with E-state index in [-0.39, 0.29) is 0 Å². The lowest BCUT2D eigenvalue weighted by Gasteiger charge is -2.26. The molecule has 82 heavy (non-hydrogen) atoms. The second kappa shape index (κ2) is 22.5. The van der Waals surface area contributed by atoms with Crippen LogP contribution in [0.1, 0.15) is 13.8 Å². The van der Waals surface area contributed by atoms with E-state index in [1.54, 1.807) is 0 Å². The van der Waals surface area contributed by atoms with Crippen LogP contribution < -0.4 is 10.2 Å². The molecule has 4 heteroatoms. The lowest BCUT2D eigenvalue weighted by molar-refractivity contribution is 0.668. The zero-order valence-corrected chi connectivity index (χ0v) is 46.4. The SMILES string of the molecule is CC.CNC.c1cc(-c2ccc(N(c3ccc(-c4cccc(-c5cccc6ccccc56)c4)cc3)c3ccc(-c4ccc5oc6ccc(-c7ccc8oc9ccccc9c8c7)cc6c5c4)cc3)cc2)cc(-c2cccc3ccccc23)c1. The Morgan fingerprint density at radius 2 is 0.537 bits per heavy atom. The van der Waals surface area contributed by atoms with Gasteiger partial charge in [-0.15, -0.1) is 0 Å². The fourth-order valence-electron chi connectivity index (χ4n) is 11.6. The standard InChI is InChI=1S/C74H47NO2.C2H7N.C2H6/c1-3-19-63-51(11-1)13-9-22-65(63)58-17-7-15-53(43-58)48-25-34-60(35-26-48)75(61-36-27-49(28-37-61)54-16-8-18-59(44-54)66-23-10-14-52-12-2-4-20-64(52)66)62-38-29-50(30-39-62)55-31-40-73-69(45-55)70-47-57(33-42-74(70)77-73)56-32-41-72-68(46-56)67-21-5-6-24-71(67)76-72;1-3-2;1-2/h1-47H;3H,1-2H3;1-2H3. The van der Waals surface area contributed by atoms with Gasteiger partial charge in [0.25, 0.3) is 0 Å². The molecule has 2 heterocycles. The summed E-state index contributed by atoms with van der Waals surface area (Å²) < 4.78 is 12.6. The molecule has 0 atom stereocenters. The van der Waals surface area contributed by atoms with Crippen molar-refractivity contribution in [1.29, 1.82) is 0 Å². The van der Waals surface area contributed by atoms with Crippen LogP contribution in [0.3, 0.4) is 0 Å². The number of anilines is 3. The van der Waals surface area contributed by atoms with Gasteiger partial charge < -0.3 is 19.1 Å². The molecule has 15 aromatic rings. The monoisotopic (exact) mass is 1060 g/mol. The summed E-state index contributed by atoms with van der Waals surface area (Å²) in [6.07, 6.45) is 0. The molecule has 0 unspecified atom stereocenters. The van der Waals surface area contributed by atoms with E-state index in [4.69, 9.17) is 8.83 Å². The first-order valence-electron chi connectivity index (χ1n) is 28.3. The highest BCUT2D eigenvalue weighted by atomic mass is 16.3. The molecule has 394 valence electrons. The maximum atomic E-state index is 6.43. The van der Waals surface area contributed by atoms with Crippen LogP contribution in [0.5, 0.6) is 0 Å². The van der Waals surface area contributed by atoms with Crippen LogP contribution in [0.4, 0.5) is 17.1 Å². The molecule has 4 nitrogen and oxygen atoms in total. The fraction of sp³-hybridized carbons (Fsp3) is 0.0513. The topological polar surface area (TPSA) is 41.5 Å². The zero-order valence-electron chi connectivity index (χ0n) is 46.4. The third kappa shape index (κ3) is 9.76. The zero-order chi connectivity index (χ0) is 55.5. The van der Waals surface area contributed by atoms with Crippen molar-refractivity contribution < 1.29 is 8.83 Å². The second-order valence-electron chi connectivity index (χ2n) is 20.5. The van der Waals surface area contributed by atoms with Gasteiger partial charge in [0.1, 0.15) is 22.3 Å². The molecule has 0 amide bonds. The summed E-state index contributed by atoms with van der Waals surface area (Å²) in [7, 11) is 3.75. The van der Waals surface area contributed by atoms with Gasteiger partial charge >= 0.3 is 0 Å². The van der Waals surface area contributed by atoms with E-state index in [9.17, 15) is 0 Å². The van der Waals surface area contributed by atoms with Crippen molar-refractivity contribution in [3.05, 3.63) is 285 Å². The molecule has 0 aliphatic rings. The minimum atomic E-state index is 0.868. The summed E-state index contributed by atoms with van der Waals surface area (Å²) >= 11 is 0. The van der Waals surface area contributed by atoms with Crippen molar-refractivity contribution in [3.63, 3.8) is 0 Å². The second-order valence-corrected chi connectivity index (χ2v) is 20.5. The number of nitrogens with one attached hydrogen (secondary N) is 1. The quantitative estimate of drug-likeness (QED) is 0.156. The number of rotatable bonds is 9. The number of fused-ring (bicyclic) bond motifs is 8. The van der Waals surface area contributed by atoms with E-state index >= 15 is 0 Å². The van der Waals surface area contributed by atoms with Gasteiger partial charge in [-0.2, -0.15) is 0 Å². The van der Waals surface area contributed by atoms with E-state index < -0.39 is 0 Å². The van der Waals surface area contributed by atoms with Crippen LogP contribution in [-0.4, -0.2) is 14.1 Å². The smallest absolute Gasteiger partial charge is 0.135 e. The van der Waals surface area contributed by atoms with Crippen molar-refractivity contribution in [2.45, 2.75) is 13.8 Å². The highest BCUT2D eigenvalue weighted by Gasteiger charge is 2.17. The van der Waals surface area contributed by atoms with E-state index in [1.807, 2.05) is 40.1 Å². The Labute approximate surface area is 478 Å². The van der Waals surface area contributed by atoms with Crippen LogP contribution in [0, 0.1) is 0 Å². The summed E-state index contributed by atoms with van der Waals surface area (Å²) in [6.45, 7) is 4.00. The number of hydrogen-bond acceptors (Lipinski definition) is 4. The average molecular weight is 1060 g/mol. The molecule has 0 fully saturated rings. The van der Waals surface area contributed by atoms with Gasteiger partial charge in [-0.05, 0) is 193 Å². The molecular formula is C78H60N2O2. The van der Waals surface area contributed by atoms with E-state index in [0.717, 1.165) is 94.3 Å². The van der Waals surface area contributed by atoms with E-state index in [2.05, 4.69) is 283 Å². The van der Waals surface area contributed by atoms with Gasteiger partial charge in [0.15, 0.2) is 0 Å². The Morgan fingerprint density at radius 1 is 0.244 bits per heavy atom. The molecule has 0 aliphatic heterocycles. The molecule has 0 saturated heterocycles. The van der Waals surface area contributed by atoms with Gasteiger partial charge in [0.2, 0.25) is 0 Å². The average Bonchev–Trinajstić information content (AvgIpc) is 4.31. The largest absolute Gasteiger partial charge is 0.456 e. The Bertz CT molecular complexity index is 4580. The predicted octanol–water partition coefficient (Wildman–Crippen LogP) is 22.1. The number of furan rings is 2. The minimum Gasteiger partial charge on any atom is -0.456 e. The summed E-state index contributed by atoms with van der Waals surface area (Å²) in [5.74, 6) is 0. The maximum absolute atomic E-state index is 6.43. The summed E-state index contributed by atoms with van der Waals surface area (Å²) in [6, 6.07) is 103. The Morgan fingerprint density at radius 3 is 0.963 bits per heavy atom. The van der Waals surface area contributed by atoms with Crippen molar-refractivity contribution in [1.82, 2.24) is 5.32 Å². The van der Waals surface area contributed by atoms with Gasteiger partial charge in [0.05, 0.1) is 0 Å². The normalized spacial score (nSPS) is 11.2.